The number of carbonyl (C=O) groups is 3. The molecule has 3 aromatic carbocycles. The third-order valence-electron chi connectivity index (χ3n) is 7.63. The van der Waals surface area contributed by atoms with Crippen LogP contribution in [0.5, 0.6) is 17.2 Å². The van der Waals surface area contributed by atoms with Crippen molar-refractivity contribution < 1.29 is 33.7 Å². The van der Waals surface area contributed by atoms with Crippen LogP contribution < -0.4 is 30.2 Å². The number of benzene rings is 3. The summed E-state index contributed by atoms with van der Waals surface area (Å²) < 4.78 is 17.2. The van der Waals surface area contributed by atoms with Crippen molar-refractivity contribution in [1.82, 2.24) is 9.80 Å². The number of anilines is 3. The van der Waals surface area contributed by atoms with Gasteiger partial charge in [-0.3, -0.25) is 4.79 Å². The summed E-state index contributed by atoms with van der Waals surface area (Å²) in [5.41, 5.74) is 2.27. The first kappa shape index (κ1) is 30.5. The molecule has 0 saturated carbocycles. The molecule has 2 aliphatic heterocycles. The van der Waals surface area contributed by atoms with Crippen molar-refractivity contribution >= 4 is 35.0 Å². The maximum Gasteiger partial charge on any atom is 0.323 e. The monoisotopic (exact) mass is 603 g/mol. The highest BCUT2D eigenvalue weighted by atomic mass is 16.7. The summed E-state index contributed by atoms with van der Waals surface area (Å²) in [6.07, 6.45) is -0.490. The number of para-hydroxylation sites is 1. The fourth-order valence-corrected chi connectivity index (χ4v) is 5.09. The van der Waals surface area contributed by atoms with E-state index in [0.717, 1.165) is 0 Å². The predicted molar refractivity (Wildman–Crippen MR) is 165 cm³/mol. The summed E-state index contributed by atoms with van der Waals surface area (Å²) in [5.74, 6) is 1.28. The molecular formula is C32H37N5O7. The molecule has 0 bridgehead atoms. The zero-order valence-electron chi connectivity index (χ0n) is 24.9. The van der Waals surface area contributed by atoms with Crippen LogP contribution >= 0.6 is 0 Å². The summed E-state index contributed by atoms with van der Waals surface area (Å²) in [6, 6.07) is 18.2. The number of hydrogen-bond acceptors (Lipinski definition) is 7. The van der Waals surface area contributed by atoms with Gasteiger partial charge in [0.25, 0.3) is 0 Å². The second-order valence-electron chi connectivity index (χ2n) is 11.0. The minimum atomic E-state index is -0.499. The lowest BCUT2D eigenvalue weighted by Gasteiger charge is -2.34. The van der Waals surface area contributed by atoms with Crippen molar-refractivity contribution in [3.05, 3.63) is 72.3 Å². The van der Waals surface area contributed by atoms with E-state index in [0.29, 0.717) is 46.4 Å². The number of hydrogen-bond donors (Lipinski definition) is 4. The Hall–Kier alpha value is -4.97. The van der Waals surface area contributed by atoms with Gasteiger partial charge in [-0.2, -0.15) is 0 Å². The molecule has 44 heavy (non-hydrogen) atoms. The summed E-state index contributed by atoms with van der Waals surface area (Å²) >= 11 is 0. The summed E-state index contributed by atoms with van der Waals surface area (Å²) in [6.45, 7) is 4.21. The Morgan fingerprint density at radius 3 is 2.39 bits per heavy atom. The van der Waals surface area contributed by atoms with Gasteiger partial charge in [0.15, 0.2) is 11.5 Å². The van der Waals surface area contributed by atoms with E-state index in [1.165, 1.54) is 4.90 Å². The van der Waals surface area contributed by atoms with Gasteiger partial charge in [0.1, 0.15) is 11.9 Å². The number of carbonyl (C=O) groups excluding carboxylic acids is 3. The molecule has 232 valence electrons. The van der Waals surface area contributed by atoms with Crippen LogP contribution in [0.2, 0.25) is 0 Å². The fraction of sp³-hybridized carbons (Fsp3) is 0.344. The first-order chi connectivity index (χ1) is 21.2. The van der Waals surface area contributed by atoms with Crippen LogP contribution in [-0.2, 0) is 11.2 Å². The molecule has 0 spiro atoms. The molecule has 5 rings (SSSR count). The smallest absolute Gasteiger partial charge is 0.323 e. The van der Waals surface area contributed by atoms with Crippen LogP contribution in [0.1, 0.15) is 19.4 Å². The summed E-state index contributed by atoms with van der Waals surface area (Å²) in [4.78, 5) is 42.4. The Morgan fingerprint density at radius 2 is 1.64 bits per heavy atom. The highest BCUT2D eigenvalue weighted by Gasteiger charge is 2.32. The van der Waals surface area contributed by atoms with Crippen molar-refractivity contribution in [3.8, 4) is 17.2 Å². The van der Waals surface area contributed by atoms with Crippen molar-refractivity contribution in [3.63, 3.8) is 0 Å². The molecule has 3 aromatic rings. The number of urea groups is 2. The number of aliphatic hydroxyl groups excluding tert-OH is 1. The van der Waals surface area contributed by atoms with Crippen LogP contribution in [0.4, 0.5) is 26.7 Å². The quantitative estimate of drug-likeness (QED) is 0.314. The highest BCUT2D eigenvalue weighted by molar-refractivity contribution is 6.00. The Morgan fingerprint density at radius 1 is 0.955 bits per heavy atom. The molecule has 12 nitrogen and oxygen atoms in total. The number of ether oxygens (including phenoxy) is 3. The molecule has 0 aliphatic carbocycles. The molecule has 0 saturated heterocycles. The summed E-state index contributed by atoms with van der Waals surface area (Å²) in [5, 5.41) is 18.4. The van der Waals surface area contributed by atoms with E-state index in [-0.39, 0.29) is 44.2 Å². The second kappa shape index (κ2) is 13.6. The SMILES string of the molecule is C[C@H](CO)N1C[C@H](C)[C@@H](CN(C)C(=O)Nc2ccc3c(c2)OCO3)Oc2ccc(NC(=O)Nc3ccccc3)cc2CC1=O. The lowest BCUT2D eigenvalue weighted by molar-refractivity contribution is -0.134. The van der Waals surface area contributed by atoms with Crippen LogP contribution in [-0.4, -0.2) is 78.6 Å². The van der Waals surface area contributed by atoms with Gasteiger partial charge in [-0.1, -0.05) is 25.1 Å². The maximum absolute atomic E-state index is 13.5. The van der Waals surface area contributed by atoms with Crippen molar-refractivity contribution in [2.24, 2.45) is 5.92 Å². The molecule has 5 amide bonds. The van der Waals surface area contributed by atoms with E-state index in [2.05, 4.69) is 16.0 Å². The Bertz CT molecular complexity index is 1500. The number of amides is 5. The zero-order valence-corrected chi connectivity index (χ0v) is 24.9. The number of likely N-dealkylation sites (N-methyl/N-ethyl adjacent to an activating group) is 1. The standard InChI is InChI=1S/C32H37N5O7/c1-20-16-37(21(2)18-38)30(39)14-22-13-24(34-31(40)33-23-7-5-4-6-8-23)9-11-26(22)44-29(20)17-36(3)32(41)35-25-10-12-27-28(15-25)43-19-42-27/h4-13,15,20-21,29,38H,14,16-19H2,1-3H3,(H,35,41)(H2,33,34,40)/t20-,21+,29+/m0/s1. The number of fused-ring (bicyclic) bond motifs is 2. The van der Waals surface area contributed by atoms with Gasteiger partial charge < -0.3 is 45.1 Å². The number of nitrogens with zero attached hydrogens (tertiary/aromatic N) is 2. The number of nitrogens with one attached hydrogen (secondary N) is 3. The van der Waals surface area contributed by atoms with Crippen molar-refractivity contribution in [2.45, 2.75) is 32.4 Å². The van der Waals surface area contributed by atoms with E-state index in [1.807, 2.05) is 25.1 Å². The maximum atomic E-state index is 13.5. The Labute approximate surface area is 255 Å². The van der Waals surface area contributed by atoms with Gasteiger partial charge in [-0.05, 0) is 49.4 Å². The van der Waals surface area contributed by atoms with E-state index < -0.39 is 18.2 Å². The molecule has 0 aromatic heterocycles. The van der Waals surface area contributed by atoms with Crippen LogP contribution in [0.15, 0.2) is 66.7 Å². The Balaban J connectivity index is 1.34. The average Bonchev–Trinajstić information content (AvgIpc) is 3.49. The van der Waals surface area contributed by atoms with Gasteiger partial charge in [0.05, 0.1) is 25.6 Å². The van der Waals surface area contributed by atoms with E-state index >= 15 is 0 Å². The fourth-order valence-electron chi connectivity index (χ4n) is 5.09. The first-order valence-corrected chi connectivity index (χ1v) is 14.4. The molecule has 2 aliphatic rings. The van der Waals surface area contributed by atoms with E-state index in [4.69, 9.17) is 14.2 Å². The average molecular weight is 604 g/mol. The van der Waals surface area contributed by atoms with Gasteiger partial charge in [0, 0.05) is 48.2 Å². The van der Waals surface area contributed by atoms with Gasteiger partial charge in [0.2, 0.25) is 12.7 Å². The van der Waals surface area contributed by atoms with Gasteiger partial charge in [-0.25, -0.2) is 9.59 Å². The molecule has 2 heterocycles. The van der Waals surface area contributed by atoms with Crippen molar-refractivity contribution in [2.75, 3.05) is 49.5 Å². The third-order valence-corrected chi connectivity index (χ3v) is 7.63. The largest absolute Gasteiger partial charge is 0.488 e. The van der Waals surface area contributed by atoms with E-state index in [9.17, 15) is 19.5 Å². The van der Waals surface area contributed by atoms with E-state index in [1.54, 1.807) is 67.4 Å². The lowest BCUT2D eigenvalue weighted by Crippen LogP contribution is -2.48. The molecule has 12 heteroatoms. The third kappa shape index (κ3) is 7.32. The molecule has 4 N–H and O–H groups in total. The molecule has 3 atom stereocenters. The molecule has 0 radical (unpaired) electrons. The minimum absolute atomic E-state index is 0.00930. The number of rotatable bonds is 7. The molecule has 0 fully saturated rings. The van der Waals surface area contributed by atoms with Crippen molar-refractivity contribution in [1.29, 1.82) is 0 Å². The van der Waals surface area contributed by atoms with Crippen LogP contribution in [0, 0.1) is 5.92 Å². The summed E-state index contributed by atoms with van der Waals surface area (Å²) in [7, 11) is 1.67. The zero-order chi connectivity index (χ0) is 31.2. The normalized spacial score (nSPS) is 18.1. The molecular weight excluding hydrogens is 566 g/mol. The molecule has 0 unspecified atom stereocenters. The lowest BCUT2D eigenvalue weighted by atomic mass is 10.0. The van der Waals surface area contributed by atoms with Gasteiger partial charge >= 0.3 is 12.1 Å². The second-order valence-corrected chi connectivity index (χ2v) is 11.0. The minimum Gasteiger partial charge on any atom is -0.488 e. The number of aliphatic hydroxyl groups is 1. The topological polar surface area (TPSA) is 142 Å². The first-order valence-electron chi connectivity index (χ1n) is 14.4. The Kier molecular flexibility index (Phi) is 9.39. The predicted octanol–water partition coefficient (Wildman–Crippen LogP) is 4.37. The highest BCUT2D eigenvalue weighted by Crippen LogP contribution is 2.34. The van der Waals surface area contributed by atoms with Gasteiger partial charge in [-0.15, -0.1) is 0 Å². The van der Waals surface area contributed by atoms with Crippen LogP contribution in [0.25, 0.3) is 0 Å². The van der Waals surface area contributed by atoms with Crippen LogP contribution in [0.3, 0.4) is 0 Å².